The molecule has 0 unspecified atom stereocenters. The number of benzene rings is 1. The van der Waals surface area contributed by atoms with Crippen LogP contribution in [0, 0.1) is 18.3 Å². The highest BCUT2D eigenvalue weighted by Gasteiger charge is 2.14. The Kier molecular flexibility index (Phi) is 3.38. The quantitative estimate of drug-likeness (QED) is 0.893. The molecule has 18 heavy (non-hydrogen) atoms. The lowest BCUT2D eigenvalue weighted by Crippen LogP contribution is -1.85. The molecule has 0 aliphatic carbocycles. The summed E-state index contributed by atoms with van der Waals surface area (Å²) in [5.41, 5.74) is 4.95. The Labute approximate surface area is 107 Å². The molecule has 0 spiro atoms. The van der Waals surface area contributed by atoms with E-state index in [1.807, 2.05) is 24.3 Å². The summed E-state index contributed by atoms with van der Waals surface area (Å²) in [6.07, 6.45) is 0.899. The van der Waals surface area contributed by atoms with E-state index in [1.165, 1.54) is 0 Å². The van der Waals surface area contributed by atoms with Crippen LogP contribution in [0.4, 0.5) is 0 Å². The minimum absolute atomic E-state index is 0.634. The zero-order chi connectivity index (χ0) is 13.1. The van der Waals surface area contributed by atoms with Gasteiger partial charge in [0.25, 0.3) is 0 Å². The van der Waals surface area contributed by atoms with Crippen molar-refractivity contribution >= 4 is 0 Å². The van der Waals surface area contributed by atoms with E-state index < -0.39 is 0 Å². The van der Waals surface area contributed by atoms with Gasteiger partial charge in [-0.1, -0.05) is 19.1 Å². The molecule has 3 nitrogen and oxygen atoms in total. The van der Waals surface area contributed by atoms with Crippen molar-refractivity contribution < 1.29 is 4.74 Å². The van der Waals surface area contributed by atoms with Crippen LogP contribution in [-0.2, 0) is 6.42 Å². The standard InChI is InChI=1S/C15H16N2O/c1-4-13-10(2)15(14(9-16)17-13)11-5-7-12(18-3)8-6-11/h5-8,17H,4H2,1-3H3. The highest BCUT2D eigenvalue weighted by molar-refractivity contribution is 5.74. The van der Waals surface area contributed by atoms with Crippen molar-refractivity contribution in [3.05, 3.63) is 41.2 Å². The first-order valence-corrected chi connectivity index (χ1v) is 5.97. The van der Waals surface area contributed by atoms with Gasteiger partial charge in [0.15, 0.2) is 0 Å². The first-order valence-electron chi connectivity index (χ1n) is 5.97. The maximum Gasteiger partial charge on any atom is 0.126 e. The third-order valence-corrected chi connectivity index (χ3v) is 3.20. The second-order valence-electron chi connectivity index (χ2n) is 4.17. The van der Waals surface area contributed by atoms with Crippen LogP contribution in [0.15, 0.2) is 24.3 Å². The number of hydrogen-bond donors (Lipinski definition) is 1. The number of H-pyrrole nitrogens is 1. The Hall–Kier alpha value is -2.21. The minimum atomic E-state index is 0.634. The van der Waals surface area contributed by atoms with Crippen molar-refractivity contribution in [1.29, 1.82) is 5.26 Å². The van der Waals surface area contributed by atoms with Gasteiger partial charge in [-0.3, -0.25) is 0 Å². The average molecular weight is 240 g/mol. The highest BCUT2D eigenvalue weighted by Crippen LogP contribution is 2.30. The lowest BCUT2D eigenvalue weighted by molar-refractivity contribution is 0.415. The number of nitrogens with zero attached hydrogens (tertiary/aromatic N) is 1. The molecule has 2 rings (SSSR count). The van der Waals surface area contributed by atoms with E-state index in [0.29, 0.717) is 5.69 Å². The van der Waals surface area contributed by atoms with E-state index >= 15 is 0 Å². The fourth-order valence-electron chi connectivity index (χ4n) is 2.20. The van der Waals surface area contributed by atoms with Crippen LogP contribution in [0.2, 0.25) is 0 Å². The van der Waals surface area contributed by atoms with E-state index in [9.17, 15) is 5.26 Å². The number of aromatic amines is 1. The van der Waals surface area contributed by atoms with Crippen LogP contribution in [0.5, 0.6) is 5.75 Å². The van der Waals surface area contributed by atoms with Crippen molar-refractivity contribution in [3.8, 4) is 22.9 Å². The number of aromatic nitrogens is 1. The molecule has 92 valence electrons. The van der Waals surface area contributed by atoms with Crippen LogP contribution < -0.4 is 4.74 Å². The van der Waals surface area contributed by atoms with Crippen LogP contribution in [0.3, 0.4) is 0 Å². The van der Waals surface area contributed by atoms with Gasteiger partial charge in [0, 0.05) is 11.3 Å². The SMILES string of the molecule is CCc1[nH]c(C#N)c(-c2ccc(OC)cc2)c1C. The maximum atomic E-state index is 9.21. The average Bonchev–Trinajstić information content (AvgIpc) is 2.75. The third-order valence-electron chi connectivity index (χ3n) is 3.20. The van der Waals surface area contributed by atoms with Crippen molar-refractivity contribution in [2.45, 2.75) is 20.3 Å². The second kappa shape index (κ2) is 4.97. The van der Waals surface area contributed by atoms with E-state index in [2.05, 4.69) is 24.9 Å². The van der Waals surface area contributed by atoms with Crippen molar-refractivity contribution in [2.24, 2.45) is 0 Å². The van der Waals surface area contributed by atoms with Crippen molar-refractivity contribution in [3.63, 3.8) is 0 Å². The van der Waals surface area contributed by atoms with Gasteiger partial charge in [0.05, 0.1) is 7.11 Å². The van der Waals surface area contributed by atoms with E-state index in [4.69, 9.17) is 4.74 Å². The summed E-state index contributed by atoms with van der Waals surface area (Å²) in [5, 5.41) is 9.21. The van der Waals surface area contributed by atoms with Crippen molar-refractivity contribution in [2.75, 3.05) is 7.11 Å². The van der Waals surface area contributed by atoms with Gasteiger partial charge in [0.1, 0.15) is 17.5 Å². The fraction of sp³-hybridized carbons (Fsp3) is 0.267. The van der Waals surface area contributed by atoms with Gasteiger partial charge >= 0.3 is 0 Å². The van der Waals surface area contributed by atoms with Crippen molar-refractivity contribution in [1.82, 2.24) is 4.98 Å². The van der Waals surface area contributed by atoms with Gasteiger partial charge in [0.2, 0.25) is 0 Å². The molecule has 1 aromatic heterocycles. The predicted molar refractivity (Wildman–Crippen MR) is 71.6 cm³/mol. The number of methoxy groups -OCH3 is 1. The van der Waals surface area contributed by atoms with Crippen LogP contribution in [0.25, 0.3) is 11.1 Å². The van der Waals surface area contributed by atoms with Gasteiger partial charge in [-0.05, 0) is 36.6 Å². The molecule has 0 aliphatic rings. The lowest BCUT2D eigenvalue weighted by Gasteiger charge is -2.04. The number of rotatable bonds is 3. The van der Waals surface area contributed by atoms with Gasteiger partial charge in [-0.25, -0.2) is 0 Å². The zero-order valence-corrected chi connectivity index (χ0v) is 10.9. The van der Waals surface area contributed by atoms with Crippen LogP contribution in [-0.4, -0.2) is 12.1 Å². The Bertz CT molecular complexity index is 588. The Morgan fingerprint density at radius 1 is 1.28 bits per heavy atom. The van der Waals surface area contributed by atoms with Gasteiger partial charge < -0.3 is 9.72 Å². The third kappa shape index (κ3) is 1.98. The van der Waals surface area contributed by atoms with E-state index in [-0.39, 0.29) is 0 Å². The summed E-state index contributed by atoms with van der Waals surface area (Å²) in [6, 6.07) is 10.0. The first-order chi connectivity index (χ1) is 8.71. The Balaban J connectivity index is 2.55. The maximum absolute atomic E-state index is 9.21. The summed E-state index contributed by atoms with van der Waals surface area (Å²) >= 11 is 0. The summed E-state index contributed by atoms with van der Waals surface area (Å²) in [5.74, 6) is 0.821. The van der Waals surface area contributed by atoms with Crippen LogP contribution >= 0.6 is 0 Å². The summed E-state index contributed by atoms with van der Waals surface area (Å²) < 4.78 is 5.15. The molecular formula is C15H16N2O. The second-order valence-corrected chi connectivity index (χ2v) is 4.17. The lowest BCUT2D eigenvalue weighted by atomic mass is 10.0. The molecule has 1 aromatic carbocycles. The van der Waals surface area contributed by atoms with Crippen LogP contribution in [0.1, 0.15) is 23.9 Å². The molecule has 2 aromatic rings. The number of aryl methyl sites for hydroxylation is 1. The normalized spacial score (nSPS) is 10.1. The first kappa shape index (κ1) is 12.3. The predicted octanol–water partition coefficient (Wildman–Crippen LogP) is 3.43. The number of ether oxygens (including phenoxy) is 1. The molecule has 1 N–H and O–H groups in total. The number of nitrogens with one attached hydrogen (secondary N) is 1. The molecular weight excluding hydrogens is 224 g/mol. The minimum Gasteiger partial charge on any atom is -0.497 e. The number of nitriles is 1. The van der Waals surface area contributed by atoms with E-state index in [0.717, 1.165) is 34.6 Å². The molecule has 0 saturated heterocycles. The Morgan fingerprint density at radius 2 is 1.94 bits per heavy atom. The smallest absolute Gasteiger partial charge is 0.126 e. The highest BCUT2D eigenvalue weighted by atomic mass is 16.5. The largest absolute Gasteiger partial charge is 0.497 e. The van der Waals surface area contributed by atoms with Gasteiger partial charge in [-0.15, -0.1) is 0 Å². The molecule has 0 atom stereocenters. The van der Waals surface area contributed by atoms with E-state index in [1.54, 1.807) is 7.11 Å². The number of hydrogen-bond acceptors (Lipinski definition) is 2. The Morgan fingerprint density at radius 3 is 2.44 bits per heavy atom. The molecule has 0 radical (unpaired) electrons. The molecule has 0 saturated carbocycles. The topological polar surface area (TPSA) is 48.8 Å². The zero-order valence-electron chi connectivity index (χ0n) is 10.9. The fourth-order valence-corrected chi connectivity index (χ4v) is 2.20. The summed E-state index contributed by atoms with van der Waals surface area (Å²) in [4.78, 5) is 3.18. The summed E-state index contributed by atoms with van der Waals surface area (Å²) in [6.45, 7) is 4.13. The van der Waals surface area contributed by atoms with Gasteiger partial charge in [-0.2, -0.15) is 5.26 Å². The molecule has 0 aliphatic heterocycles. The molecule has 0 bridgehead atoms. The molecule has 0 fully saturated rings. The molecule has 3 heteroatoms. The molecule has 0 amide bonds. The monoisotopic (exact) mass is 240 g/mol. The summed E-state index contributed by atoms with van der Waals surface area (Å²) in [7, 11) is 1.65. The molecule has 1 heterocycles.